The molecule has 0 radical (unpaired) electrons. The first-order valence-corrected chi connectivity index (χ1v) is 17.9. The Hall–Kier alpha value is -0.850. The van der Waals surface area contributed by atoms with Gasteiger partial charge in [-0.15, -0.1) is 0 Å². The first-order chi connectivity index (χ1) is 21.3. The lowest BCUT2D eigenvalue weighted by Gasteiger charge is -2.73. The maximum Gasteiger partial charge on any atom is 0.335 e. The van der Waals surface area contributed by atoms with E-state index < -0.39 is 60.4 Å². The standard InChI is InChI=1S/C36H60O10/c1-31-13-9-20(36(6,44)30(42)43)19(31)10-15-34(4)23(31)7-8-24-32(2)14-12-25(38)33(3,22(32)11-16-35(24,34)5)18-45-29-28(41)27(40)26(39)21(17-37)46-29/h19-29,37-41,44H,7-18H2,1-6H3,(H,42,43)/t19-,20+,21-,22+,23+,24-,25-,26+,27+,28+,29-,31+,32-,33-,34+,35-,36-/m0/s1. The minimum absolute atomic E-state index is 0.0145. The summed E-state index contributed by atoms with van der Waals surface area (Å²) < 4.78 is 11.8. The number of hydrogen-bond acceptors (Lipinski definition) is 9. The SMILES string of the molecule is C[C@]1(CO[C@H]2O[C@@H](CO)[C@@H](O)[C@@H](O)[C@H]2O)[C@@H]2CC[C@@]3(C)[C@@H](CC[C@@H]4[C@]5(C)CC[C@@H]([C@](C)(O)C(=O)O)[C@@H]5CC[C@]43C)[C@@]2(C)CC[C@@H]1O. The number of ether oxygens (including phenoxy) is 2. The Kier molecular flexibility index (Phi) is 8.62. The normalized spacial score (nSPS) is 56.6. The molecule has 0 amide bonds. The number of aliphatic hydroxyl groups excluding tert-OH is 5. The van der Waals surface area contributed by atoms with Gasteiger partial charge >= 0.3 is 5.97 Å². The second kappa shape index (κ2) is 11.3. The molecule has 1 saturated heterocycles. The van der Waals surface area contributed by atoms with Crippen LogP contribution in [0.1, 0.15) is 106 Å². The van der Waals surface area contributed by atoms with E-state index in [1.54, 1.807) is 0 Å². The molecule has 0 aromatic heterocycles. The second-order valence-electron chi connectivity index (χ2n) is 17.9. The van der Waals surface area contributed by atoms with E-state index in [-0.39, 0.29) is 46.0 Å². The predicted molar refractivity (Wildman–Crippen MR) is 168 cm³/mol. The highest BCUT2D eigenvalue weighted by Crippen LogP contribution is 2.78. The van der Waals surface area contributed by atoms with Crippen LogP contribution in [0.3, 0.4) is 0 Å². The van der Waals surface area contributed by atoms with E-state index in [0.29, 0.717) is 18.3 Å². The van der Waals surface area contributed by atoms with Gasteiger partial charge in [0.15, 0.2) is 11.9 Å². The summed E-state index contributed by atoms with van der Waals surface area (Å²) in [4.78, 5) is 12.1. The van der Waals surface area contributed by atoms with Crippen molar-refractivity contribution >= 4 is 5.97 Å². The van der Waals surface area contributed by atoms with Crippen LogP contribution in [0.15, 0.2) is 0 Å². The van der Waals surface area contributed by atoms with Crippen LogP contribution in [-0.2, 0) is 14.3 Å². The van der Waals surface area contributed by atoms with Crippen LogP contribution in [0.2, 0.25) is 0 Å². The third-order valence-electron chi connectivity index (χ3n) is 16.3. The van der Waals surface area contributed by atoms with E-state index in [0.717, 1.165) is 57.8 Å². The first kappa shape index (κ1) is 35.0. The van der Waals surface area contributed by atoms with Gasteiger partial charge in [-0.2, -0.15) is 0 Å². The Bertz CT molecular complexity index is 1180. The molecule has 5 aliphatic carbocycles. The number of rotatable bonds is 6. The van der Waals surface area contributed by atoms with Gasteiger partial charge in [-0.25, -0.2) is 4.79 Å². The topological polar surface area (TPSA) is 177 Å². The Morgan fingerprint density at radius 3 is 1.98 bits per heavy atom. The molecule has 17 atom stereocenters. The van der Waals surface area contributed by atoms with Crippen LogP contribution >= 0.6 is 0 Å². The lowest BCUT2D eigenvalue weighted by Crippen LogP contribution is -2.68. The van der Waals surface area contributed by atoms with Gasteiger partial charge in [0.05, 0.1) is 19.3 Å². The number of aliphatic carboxylic acids is 1. The van der Waals surface area contributed by atoms with Gasteiger partial charge < -0.3 is 45.2 Å². The summed E-state index contributed by atoms with van der Waals surface area (Å²) in [6, 6.07) is 0. The maximum atomic E-state index is 12.1. The lowest BCUT2D eigenvalue weighted by atomic mass is 9.31. The van der Waals surface area contributed by atoms with E-state index in [1.165, 1.54) is 6.92 Å². The first-order valence-electron chi connectivity index (χ1n) is 17.9. The minimum atomic E-state index is -1.71. The largest absolute Gasteiger partial charge is 0.479 e. The van der Waals surface area contributed by atoms with Gasteiger partial charge in [0.2, 0.25) is 0 Å². The number of aliphatic hydroxyl groups is 6. The summed E-state index contributed by atoms with van der Waals surface area (Å²) in [5.74, 6) is -0.127. The quantitative estimate of drug-likeness (QED) is 0.226. The smallest absolute Gasteiger partial charge is 0.335 e. The molecule has 5 saturated carbocycles. The van der Waals surface area contributed by atoms with Gasteiger partial charge in [0, 0.05) is 11.3 Å². The third-order valence-corrected chi connectivity index (χ3v) is 16.3. The fourth-order valence-electron chi connectivity index (χ4n) is 13.5. The molecular formula is C36H60O10. The van der Waals surface area contributed by atoms with Crippen molar-refractivity contribution in [3.63, 3.8) is 0 Å². The number of hydrogen-bond donors (Lipinski definition) is 7. The Labute approximate surface area is 273 Å². The molecule has 1 heterocycles. The number of fused-ring (bicyclic) bond motifs is 7. The molecule has 6 fully saturated rings. The van der Waals surface area contributed by atoms with E-state index in [2.05, 4.69) is 34.6 Å². The summed E-state index contributed by atoms with van der Waals surface area (Å²) in [7, 11) is 0. The van der Waals surface area contributed by atoms with Crippen molar-refractivity contribution in [3.05, 3.63) is 0 Å². The van der Waals surface area contributed by atoms with Crippen molar-refractivity contribution in [3.8, 4) is 0 Å². The summed E-state index contributed by atoms with van der Waals surface area (Å²) in [5, 5.41) is 73.4. The number of carboxylic acids is 1. The lowest BCUT2D eigenvalue weighted by molar-refractivity contribution is -0.317. The Morgan fingerprint density at radius 2 is 1.37 bits per heavy atom. The Morgan fingerprint density at radius 1 is 0.783 bits per heavy atom. The molecule has 10 nitrogen and oxygen atoms in total. The van der Waals surface area contributed by atoms with Crippen molar-refractivity contribution in [1.29, 1.82) is 0 Å². The zero-order chi connectivity index (χ0) is 33.8. The fourth-order valence-corrected chi connectivity index (χ4v) is 13.5. The predicted octanol–water partition coefficient (Wildman–Crippen LogP) is 3.08. The molecule has 7 N–H and O–H groups in total. The van der Waals surface area contributed by atoms with E-state index in [9.17, 15) is 40.5 Å². The molecule has 1 aliphatic heterocycles. The van der Waals surface area contributed by atoms with Crippen LogP contribution in [-0.4, -0.2) is 97.3 Å². The van der Waals surface area contributed by atoms with E-state index in [1.807, 2.05) is 0 Å². The van der Waals surface area contributed by atoms with Crippen molar-refractivity contribution in [2.45, 2.75) is 148 Å². The summed E-state index contributed by atoms with van der Waals surface area (Å²) in [6.07, 6.45) is 1.96. The van der Waals surface area contributed by atoms with Crippen LogP contribution in [0.25, 0.3) is 0 Å². The fraction of sp³-hybridized carbons (Fsp3) is 0.972. The average molecular weight is 653 g/mol. The molecule has 0 aromatic rings. The zero-order valence-electron chi connectivity index (χ0n) is 28.7. The van der Waals surface area contributed by atoms with Crippen LogP contribution in [0, 0.1) is 56.7 Å². The van der Waals surface area contributed by atoms with Crippen LogP contribution in [0.5, 0.6) is 0 Å². The molecule has 0 bridgehead atoms. The zero-order valence-corrected chi connectivity index (χ0v) is 28.7. The summed E-state index contributed by atoms with van der Waals surface area (Å²) in [6.45, 7) is 13.0. The van der Waals surface area contributed by atoms with Crippen molar-refractivity contribution in [1.82, 2.24) is 0 Å². The molecule has 6 rings (SSSR count). The average Bonchev–Trinajstić information content (AvgIpc) is 3.36. The van der Waals surface area contributed by atoms with Crippen molar-refractivity contribution in [2.24, 2.45) is 56.7 Å². The van der Waals surface area contributed by atoms with Crippen LogP contribution in [0.4, 0.5) is 0 Å². The second-order valence-corrected chi connectivity index (χ2v) is 17.9. The molecule has 0 aromatic carbocycles. The number of carbonyl (C=O) groups is 1. The molecule has 0 spiro atoms. The molecule has 6 aliphatic rings. The van der Waals surface area contributed by atoms with E-state index >= 15 is 0 Å². The molecule has 10 heteroatoms. The van der Waals surface area contributed by atoms with E-state index in [4.69, 9.17) is 9.47 Å². The van der Waals surface area contributed by atoms with Crippen molar-refractivity contribution < 1.29 is 50.0 Å². The van der Waals surface area contributed by atoms with Crippen molar-refractivity contribution in [2.75, 3.05) is 13.2 Å². The third kappa shape index (κ3) is 4.60. The highest BCUT2D eigenvalue weighted by atomic mass is 16.7. The molecule has 264 valence electrons. The van der Waals surface area contributed by atoms with Crippen LogP contribution < -0.4 is 0 Å². The molecular weight excluding hydrogens is 592 g/mol. The summed E-state index contributed by atoms with van der Waals surface area (Å²) in [5.41, 5.74) is -2.29. The minimum Gasteiger partial charge on any atom is -0.479 e. The highest BCUT2D eigenvalue weighted by Gasteiger charge is 2.72. The van der Waals surface area contributed by atoms with Gasteiger partial charge in [0.25, 0.3) is 0 Å². The van der Waals surface area contributed by atoms with Gasteiger partial charge in [-0.1, -0.05) is 34.6 Å². The number of carboxylic acid groups (broad SMARTS) is 1. The monoisotopic (exact) mass is 652 g/mol. The highest BCUT2D eigenvalue weighted by molar-refractivity contribution is 5.77. The van der Waals surface area contributed by atoms with Gasteiger partial charge in [-0.3, -0.25) is 0 Å². The van der Waals surface area contributed by atoms with Gasteiger partial charge in [0.1, 0.15) is 24.4 Å². The van der Waals surface area contributed by atoms with Gasteiger partial charge in [-0.05, 0) is 116 Å². The molecule has 46 heavy (non-hydrogen) atoms. The Balaban J connectivity index is 1.25. The molecule has 0 unspecified atom stereocenters. The maximum absolute atomic E-state index is 12.1. The summed E-state index contributed by atoms with van der Waals surface area (Å²) >= 11 is 0.